The average molecular weight is 1160 g/mol. The molecular weight excluding hydrogens is 1030 g/mol. The molecule has 0 heterocycles. The molecule has 0 amide bonds. The van der Waals surface area contributed by atoms with Gasteiger partial charge in [0, 0.05) is 12.8 Å². The summed E-state index contributed by atoms with van der Waals surface area (Å²) >= 11 is 0. The molecule has 0 aliphatic carbocycles. The smallest absolute Gasteiger partial charge is 0.306 e. The van der Waals surface area contributed by atoms with Crippen LogP contribution in [0.3, 0.4) is 0 Å². The summed E-state index contributed by atoms with van der Waals surface area (Å²) in [4.78, 5) is 38.0. The van der Waals surface area contributed by atoms with Crippen LogP contribution in [0.1, 0.15) is 367 Å². The van der Waals surface area contributed by atoms with Crippen LogP contribution in [0, 0.1) is 0 Å². The monoisotopic (exact) mass is 1160 g/mol. The second-order valence-corrected chi connectivity index (χ2v) is 27.0. The highest BCUT2D eigenvalue weighted by Crippen LogP contribution is 2.38. The number of unbranched alkanes of at least 4 members (excludes halogenated alkanes) is 49. The molecule has 2 unspecified atom stereocenters. The fraction of sp³-hybridized carbons (Fsp3) is 0.915. The normalized spacial score (nSPS) is 13.2. The lowest BCUT2D eigenvalue weighted by molar-refractivity contribution is -0.870. The van der Waals surface area contributed by atoms with E-state index in [0.29, 0.717) is 17.4 Å². The molecule has 0 saturated carbocycles. The first-order chi connectivity index (χ1) is 39.5. The molecule has 0 aromatic rings. The van der Waals surface area contributed by atoms with Crippen molar-refractivity contribution in [1.82, 2.24) is 0 Å². The average Bonchev–Trinajstić information content (AvgIpc) is 3.43. The van der Waals surface area contributed by atoms with Gasteiger partial charge in [-0.25, -0.2) is 0 Å². The molecule has 0 radical (unpaired) electrons. The Bertz CT molecular complexity index is 1420. The number of nitrogens with zero attached hydrogens (tertiary/aromatic N) is 1. The predicted octanol–water partition coefficient (Wildman–Crippen LogP) is 22.3. The van der Waals surface area contributed by atoms with E-state index >= 15 is 0 Å². The van der Waals surface area contributed by atoms with Crippen molar-refractivity contribution < 1.29 is 42.1 Å². The summed E-state index contributed by atoms with van der Waals surface area (Å²) in [6.45, 7) is 4.30. The van der Waals surface area contributed by atoms with Crippen molar-refractivity contribution in [2.45, 2.75) is 373 Å². The van der Waals surface area contributed by atoms with Crippen LogP contribution in [-0.2, 0) is 32.7 Å². The molecule has 0 rings (SSSR count). The summed E-state index contributed by atoms with van der Waals surface area (Å²) in [6.07, 6.45) is 78.5. The zero-order valence-corrected chi connectivity index (χ0v) is 55.7. The fourth-order valence-electron chi connectivity index (χ4n) is 10.8. The largest absolute Gasteiger partial charge is 0.756 e. The van der Waals surface area contributed by atoms with E-state index in [4.69, 9.17) is 18.5 Å². The molecule has 0 aromatic carbocycles. The molecule has 2 atom stereocenters. The molecule has 9 nitrogen and oxygen atoms in total. The molecule has 0 aromatic heterocycles. The second kappa shape index (κ2) is 63.0. The summed E-state index contributed by atoms with van der Waals surface area (Å²) in [5.41, 5.74) is 0. The quantitative estimate of drug-likeness (QED) is 0.0195. The van der Waals surface area contributed by atoms with Crippen LogP contribution in [0.5, 0.6) is 0 Å². The second-order valence-electron chi connectivity index (χ2n) is 25.6. The third kappa shape index (κ3) is 67.5. The van der Waals surface area contributed by atoms with Gasteiger partial charge in [0.2, 0.25) is 0 Å². The van der Waals surface area contributed by atoms with E-state index in [-0.39, 0.29) is 32.0 Å². The van der Waals surface area contributed by atoms with Gasteiger partial charge in [-0.05, 0) is 44.9 Å². The van der Waals surface area contributed by atoms with Gasteiger partial charge < -0.3 is 27.9 Å². The highest BCUT2D eigenvalue weighted by Gasteiger charge is 2.22. The molecule has 0 saturated heterocycles. The number of hydrogen-bond acceptors (Lipinski definition) is 8. The van der Waals surface area contributed by atoms with Crippen molar-refractivity contribution in [3.8, 4) is 0 Å². The molecule has 0 aliphatic rings. The third-order valence-corrected chi connectivity index (χ3v) is 17.2. The number of quaternary nitrogens is 1. The van der Waals surface area contributed by atoms with E-state index in [1.165, 1.54) is 289 Å². The Hall–Kier alpha value is -1.51. The molecule has 0 aliphatic heterocycles. The topological polar surface area (TPSA) is 111 Å². The van der Waals surface area contributed by atoms with E-state index in [1.54, 1.807) is 0 Å². The Kier molecular flexibility index (Phi) is 61.8. The SMILES string of the molecule is CCCCCCC/C=C\C/C=C\CCCCCCCCCCCCCC(=O)OC(COC(=O)CCCCCCCCCCCCCCCCCCCCCCCCCCCCCCCCCCCC)COP(=O)([O-])OCC[N+](C)(C)C. The maximum absolute atomic E-state index is 12.8. The Balaban J connectivity index is 3.95. The first-order valence-electron chi connectivity index (χ1n) is 35.5. The summed E-state index contributed by atoms with van der Waals surface area (Å²) in [5.74, 6) is -0.814. The summed E-state index contributed by atoms with van der Waals surface area (Å²) in [5, 5.41) is 0. The van der Waals surface area contributed by atoms with Crippen molar-refractivity contribution in [2.24, 2.45) is 0 Å². The van der Waals surface area contributed by atoms with Crippen LogP contribution in [0.15, 0.2) is 24.3 Å². The highest BCUT2D eigenvalue weighted by atomic mass is 31.2. The molecule has 10 heteroatoms. The van der Waals surface area contributed by atoms with Gasteiger partial charge >= 0.3 is 11.9 Å². The summed E-state index contributed by atoms with van der Waals surface area (Å²) < 4.78 is 34.3. The number of phosphoric ester groups is 1. The molecule has 0 N–H and O–H groups in total. The van der Waals surface area contributed by atoms with Gasteiger partial charge in [0.05, 0.1) is 27.7 Å². The number of phosphoric acid groups is 1. The van der Waals surface area contributed by atoms with Gasteiger partial charge in [0.1, 0.15) is 19.8 Å². The van der Waals surface area contributed by atoms with Crippen molar-refractivity contribution in [1.29, 1.82) is 0 Å². The van der Waals surface area contributed by atoms with Gasteiger partial charge in [0.15, 0.2) is 6.10 Å². The minimum absolute atomic E-state index is 0.0283. The maximum Gasteiger partial charge on any atom is 0.306 e. The lowest BCUT2D eigenvalue weighted by Gasteiger charge is -2.28. The van der Waals surface area contributed by atoms with Gasteiger partial charge in [0.25, 0.3) is 7.82 Å². The van der Waals surface area contributed by atoms with Crippen molar-refractivity contribution >= 4 is 19.8 Å². The van der Waals surface area contributed by atoms with Crippen LogP contribution < -0.4 is 4.89 Å². The Morgan fingerprint density at radius 1 is 0.383 bits per heavy atom. The fourth-order valence-corrected chi connectivity index (χ4v) is 11.5. The van der Waals surface area contributed by atoms with E-state index in [9.17, 15) is 19.0 Å². The summed E-state index contributed by atoms with van der Waals surface area (Å²) in [6, 6.07) is 0. The van der Waals surface area contributed by atoms with E-state index in [2.05, 4.69) is 38.2 Å². The van der Waals surface area contributed by atoms with Crippen LogP contribution in [0.25, 0.3) is 0 Å². The van der Waals surface area contributed by atoms with E-state index < -0.39 is 26.5 Å². The maximum atomic E-state index is 12.8. The molecule has 0 fully saturated rings. The third-order valence-electron chi connectivity index (χ3n) is 16.2. The van der Waals surface area contributed by atoms with Crippen LogP contribution in [0.2, 0.25) is 0 Å². The van der Waals surface area contributed by atoms with Gasteiger partial charge in [-0.15, -0.1) is 0 Å². The zero-order valence-electron chi connectivity index (χ0n) is 54.8. The molecular formula is C71H138NO8P. The Labute approximate surface area is 504 Å². The van der Waals surface area contributed by atoms with Crippen LogP contribution >= 0.6 is 7.82 Å². The summed E-state index contributed by atoms with van der Waals surface area (Å²) in [7, 11) is 1.18. The molecule has 0 spiro atoms. The lowest BCUT2D eigenvalue weighted by atomic mass is 10.0. The number of allylic oxidation sites excluding steroid dienone is 4. The van der Waals surface area contributed by atoms with Crippen LogP contribution in [0.4, 0.5) is 0 Å². The predicted molar refractivity (Wildman–Crippen MR) is 347 cm³/mol. The lowest BCUT2D eigenvalue weighted by Crippen LogP contribution is -2.37. The Morgan fingerprint density at radius 3 is 0.975 bits per heavy atom. The van der Waals surface area contributed by atoms with Crippen molar-refractivity contribution in [3.05, 3.63) is 24.3 Å². The molecule has 480 valence electrons. The van der Waals surface area contributed by atoms with Gasteiger partial charge in [-0.3, -0.25) is 14.2 Å². The van der Waals surface area contributed by atoms with Gasteiger partial charge in [-0.2, -0.15) is 0 Å². The van der Waals surface area contributed by atoms with E-state index in [1.807, 2.05) is 21.1 Å². The minimum atomic E-state index is -4.64. The zero-order chi connectivity index (χ0) is 59.1. The number of hydrogen-bond donors (Lipinski definition) is 0. The first kappa shape index (κ1) is 79.5. The molecule has 81 heavy (non-hydrogen) atoms. The number of ether oxygens (including phenoxy) is 2. The number of rotatable bonds is 67. The first-order valence-corrected chi connectivity index (χ1v) is 37.0. The Morgan fingerprint density at radius 2 is 0.667 bits per heavy atom. The minimum Gasteiger partial charge on any atom is -0.756 e. The number of likely N-dealkylation sites (N-methyl/N-ethyl adjacent to an activating group) is 1. The number of esters is 2. The standard InChI is InChI=1S/C71H138NO8P/c1-6-8-10-12-14-16-18-20-22-24-26-28-30-31-32-33-34-35-36-37-38-39-40-42-43-45-47-49-51-53-55-57-59-61-63-70(73)77-67-69(68-79-81(75,76)78-66-65-72(3,4)5)80-71(74)64-62-60-58-56-54-52-50-48-46-44-41-29-27-25-23-21-19-17-15-13-11-9-7-2/h19,21,25,27,69H,6-18,20,22-24,26,28-68H2,1-5H3/b21-19-,27-25-. The van der Waals surface area contributed by atoms with Gasteiger partial charge in [-0.1, -0.05) is 334 Å². The molecule has 0 bridgehead atoms. The van der Waals surface area contributed by atoms with Crippen molar-refractivity contribution in [3.63, 3.8) is 0 Å². The van der Waals surface area contributed by atoms with Crippen molar-refractivity contribution in [2.75, 3.05) is 47.5 Å². The van der Waals surface area contributed by atoms with Crippen LogP contribution in [-0.4, -0.2) is 70.0 Å². The highest BCUT2D eigenvalue weighted by molar-refractivity contribution is 7.45. The number of carbonyl (C=O) groups is 2. The number of carbonyl (C=O) groups excluding carboxylic acids is 2. The van der Waals surface area contributed by atoms with E-state index in [0.717, 1.165) is 44.9 Å².